The number of benzene rings is 1. The van der Waals surface area contributed by atoms with Crippen molar-refractivity contribution in [1.29, 1.82) is 0 Å². The van der Waals surface area contributed by atoms with Crippen LogP contribution in [0.5, 0.6) is 0 Å². The molecule has 3 atom stereocenters. The molecular formula is C14H20N2O2S. The van der Waals surface area contributed by atoms with Crippen LogP contribution in [0.1, 0.15) is 43.0 Å². The van der Waals surface area contributed by atoms with Crippen LogP contribution >= 0.6 is 0 Å². The van der Waals surface area contributed by atoms with Gasteiger partial charge < -0.3 is 11.1 Å². The summed E-state index contributed by atoms with van der Waals surface area (Å²) in [5.41, 5.74) is 8.24. The minimum atomic E-state index is -2.88. The summed E-state index contributed by atoms with van der Waals surface area (Å²) in [6.45, 7) is 2.00. The predicted molar refractivity (Wildman–Crippen MR) is 75.5 cm³/mol. The zero-order valence-electron chi connectivity index (χ0n) is 11.1. The van der Waals surface area contributed by atoms with E-state index in [0.717, 1.165) is 6.42 Å². The van der Waals surface area contributed by atoms with Crippen LogP contribution in [-0.2, 0) is 9.84 Å². The van der Waals surface area contributed by atoms with Gasteiger partial charge in [-0.3, -0.25) is 0 Å². The highest BCUT2D eigenvalue weighted by Gasteiger charge is 2.41. The first kappa shape index (κ1) is 13.1. The second-order valence-corrected chi connectivity index (χ2v) is 8.25. The fraction of sp³-hybridized carbons (Fsp3) is 0.571. The second kappa shape index (κ2) is 4.30. The van der Waals surface area contributed by atoms with Gasteiger partial charge in [0.2, 0.25) is 0 Å². The molecule has 0 aromatic heterocycles. The van der Waals surface area contributed by atoms with Gasteiger partial charge in [-0.15, -0.1) is 0 Å². The Hall–Kier alpha value is -0.910. The van der Waals surface area contributed by atoms with Gasteiger partial charge >= 0.3 is 0 Å². The summed E-state index contributed by atoms with van der Waals surface area (Å²) in [5, 5.41) is 3.54. The predicted octanol–water partition coefficient (Wildman–Crippen LogP) is 1.30. The van der Waals surface area contributed by atoms with Crippen LogP contribution in [0, 0.1) is 0 Å². The van der Waals surface area contributed by atoms with E-state index in [1.54, 1.807) is 0 Å². The minimum Gasteiger partial charge on any atom is -0.324 e. The fourth-order valence-electron chi connectivity index (χ4n) is 3.36. The maximum absolute atomic E-state index is 11.7. The van der Waals surface area contributed by atoms with Crippen molar-refractivity contribution < 1.29 is 8.42 Å². The number of fused-ring (bicyclic) bond motifs is 1. The van der Waals surface area contributed by atoms with Crippen molar-refractivity contribution in [3.05, 3.63) is 35.4 Å². The van der Waals surface area contributed by atoms with Gasteiger partial charge in [-0.2, -0.15) is 0 Å². The lowest BCUT2D eigenvalue weighted by Crippen LogP contribution is -2.45. The maximum Gasteiger partial charge on any atom is 0.152 e. The molecule has 4 nitrogen and oxygen atoms in total. The SMILES string of the molecule is CC1(NC2CC(N)c3ccccc32)CCS(=O)(=O)C1. The third-order valence-electron chi connectivity index (χ3n) is 4.29. The van der Waals surface area contributed by atoms with Gasteiger partial charge in [0.15, 0.2) is 9.84 Å². The maximum atomic E-state index is 11.7. The molecule has 1 aliphatic carbocycles. The summed E-state index contributed by atoms with van der Waals surface area (Å²) in [4.78, 5) is 0. The normalized spacial score (nSPS) is 36.3. The zero-order chi connectivity index (χ0) is 13.7. The number of hydrogen-bond donors (Lipinski definition) is 2. The molecule has 2 aliphatic rings. The third kappa shape index (κ3) is 2.42. The number of hydrogen-bond acceptors (Lipinski definition) is 4. The average molecular weight is 280 g/mol. The van der Waals surface area contributed by atoms with E-state index in [1.807, 2.05) is 19.1 Å². The molecule has 1 heterocycles. The van der Waals surface area contributed by atoms with Crippen molar-refractivity contribution in [2.45, 2.75) is 37.4 Å². The van der Waals surface area contributed by atoms with Crippen molar-refractivity contribution in [3.63, 3.8) is 0 Å². The first-order valence-electron chi connectivity index (χ1n) is 6.71. The largest absolute Gasteiger partial charge is 0.324 e. The Labute approximate surface area is 114 Å². The zero-order valence-corrected chi connectivity index (χ0v) is 11.9. The van der Waals surface area contributed by atoms with Crippen LogP contribution in [-0.4, -0.2) is 25.5 Å². The summed E-state index contributed by atoms with van der Waals surface area (Å²) in [7, 11) is -2.88. The summed E-state index contributed by atoms with van der Waals surface area (Å²) in [6.07, 6.45) is 1.53. The summed E-state index contributed by atoms with van der Waals surface area (Å²) in [5.74, 6) is 0.519. The first-order chi connectivity index (χ1) is 8.89. The first-order valence-corrected chi connectivity index (χ1v) is 8.53. The second-order valence-electron chi connectivity index (χ2n) is 6.07. The van der Waals surface area contributed by atoms with Crippen molar-refractivity contribution in [2.75, 3.05) is 11.5 Å². The van der Waals surface area contributed by atoms with Crippen LogP contribution < -0.4 is 11.1 Å². The topological polar surface area (TPSA) is 72.2 Å². The molecular weight excluding hydrogens is 260 g/mol. The molecule has 104 valence electrons. The molecule has 3 rings (SSSR count). The van der Waals surface area contributed by atoms with Gasteiger partial charge in [-0.25, -0.2) is 8.42 Å². The van der Waals surface area contributed by atoms with Crippen LogP contribution in [0.2, 0.25) is 0 Å². The molecule has 3 unspecified atom stereocenters. The van der Waals surface area contributed by atoms with Crippen molar-refractivity contribution >= 4 is 9.84 Å². The van der Waals surface area contributed by atoms with Crippen LogP contribution in [0.4, 0.5) is 0 Å². The van der Waals surface area contributed by atoms with Crippen molar-refractivity contribution in [3.8, 4) is 0 Å². The Kier molecular flexibility index (Phi) is 2.96. The highest BCUT2D eigenvalue weighted by molar-refractivity contribution is 7.91. The molecule has 0 amide bonds. The van der Waals surface area contributed by atoms with E-state index < -0.39 is 9.84 Å². The van der Waals surface area contributed by atoms with E-state index in [2.05, 4.69) is 17.4 Å². The van der Waals surface area contributed by atoms with E-state index in [0.29, 0.717) is 6.42 Å². The summed E-state index contributed by atoms with van der Waals surface area (Å²) in [6, 6.07) is 8.39. The number of nitrogens with one attached hydrogen (secondary N) is 1. The van der Waals surface area contributed by atoms with Gasteiger partial charge in [0.1, 0.15) is 0 Å². The van der Waals surface area contributed by atoms with Gasteiger partial charge in [-0.05, 0) is 30.9 Å². The minimum absolute atomic E-state index is 0.0512. The Balaban J connectivity index is 1.83. The third-order valence-corrected chi connectivity index (χ3v) is 6.19. The molecule has 1 aromatic carbocycles. The van der Waals surface area contributed by atoms with Gasteiger partial charge in [0, 0.05) is 17.6 Å². The van der Waals surface area contributed by atoms with Gasteiger partial charge in [0.25, 0.3) is 0 Å². The standard InChI is InChI=1S/C14H20N2O2S/c1-14(6-7-19(17,18)9-14)16-13-8-12(15)10-4-2-3-5-11(10)13/h2-5,12-13,16H,6-9,15H2,1H3. The van der Waals surface area contributed by atoms with Crippen LogP contribution in [0.15, 0.2) is 24.3 Å². The van der Waals surface area contributed by atoms with Crippen LogP contribution in [0.25, 0.3) is 0 Å². The molecule has 5 heteroatoms. The molecule has 1 aromatic rings. The van der Waals surface area contributed by atoms with E-state index in [1.165, 1.54) is 11.1 Å². The van der Waals surface area contributed by atoms with E-state index >= 15 is 0 Å². The Morgan fingerprint density at radius 3 is 2.63 bits per heavy atom. The molecule has 0 saturated carbocycles. The number of nitrogens with two attached hydrogens (primary N) is 1. The molecule has 1 aliphatic heterocycles. The molecule has 0 radical (unpaired) electrons. The number of sulfone groups is 1. The van der Waals surface area contributed by atoms with E-state index in [-0.39, 0.29) is 29.1 Å². The molecule has 1 fully saturated rings. The lowest BCUT2D eigenvalue weighted by Gasteiger charge is -2.29. The monoisotopic (exact) mass is 280 g/mol. The van der Waals surface area contributed by atoms with E-state index in [4.69, 9.17) is 5.73 Å². The van der Waals surface area contributed by atoms with E-state index in [9.17, 15) is 8.42 Å². The van der Waals surface area contributed by atoms with Crippen LogP contribution in [0.3, 0.4) is 0 Å². The molecule has 19 heavy (non-hydrogen) atoms. The average Bonchev–Trinajstić information content (AvgIpc) is 2.78. The molecule has 1 saturated heterocycles. The summed E-state index contributed by atoms with van der Waals surface area (Å²) < 4.78 is 23.3. The van der Waals surface area contributed by atoms with Crippen molar-refractivity contribution in [1.82, 2.24) is 5.32 Å². The number of rotatable bonds is 2. The van der Waals surface area contributed by atoms with Gasteiger partial charge in [0.05, 0.1) is 11.5 Å². The Morgan fingerprint density at radius 1 is 1.32 bits per heavy atom. The lowest BCUT2D eigenvalue weighted by atomic mass is 9.98. The molecule has 3 N–H and O–H groups in total. The Bertz CT molecular complexity index is 599. The lowest BCUT2D eigenvalue weighted by molar-refractivity contribution is 0.335. The van der Waals surface area contributed by atoms with Gasteiger partial charge in [-0.1, -0.05) is 24.3 Å². The quantitative estimate of drug-likeness (QED) is 0.856. The highest BCUT2D eigenvalue weighted by Crippen LogP contribution is 2.39. The smallest absolute Gasteiger partial charge is 0.152 e. The molecule has 0 bridgehead atoms. The fourth-order valence-corrected chi connectivity index (χ4v) is 5.46. The van der Waals surface area contributed by atoms with Crippen molar-refractivity contribution in [2.24, 2.45) is 5.73 Å². The highest BCUT2D eigenvalue weighted by atomic mass is 32.2. The Morgan fingerprint density at radius 2 is 2.00 bits per heavy atom. The summed E-state index contributed by atoms with van der Waals surface area (Å²) >= 11 is 0. The molecule has 0 spiro atoms.